The first-order chi connectivity index (χ1) is 16.1. The van der Waals surface area contributed by atoms with Crippen LogP contribution in [0.5, 0.6) is 0 Å². The summed E-state index contributed by atoms with van der Waals surface area (Å²) in [4.78, 5) is 27.7. The molecule has 1 N–H and O–H groups in total. The molecule has 1 aromatic heterocycles. The molecule has 0 unspecified atom stereocenters. The van der Waals surface area contributed by atoms with Crippen LogP contribution in [-0.2, 0) is 23.1 Å². The second kappa shape index (κ2) is 9.37. The lowest BCUT2D eigenvalue weighted by molar-refractivity contribution is 0.101. The van der Waals surface area contributed by atoms with Crippen molar-refractivity contribution in [3.63, 3.8) is 0 Å². The molecule has 3 aromatic carbocycles. The number of hydrogen-bond donors (Lipinski definition) is 1. The van der Waals surface area contributed by atoms with Gasteiger partial charge < -0.3 is 4.98 Å². The second-order valence-corrected chi connectivity index (χ2v) is 10.4. The van der Waals surface area contributed by atoms with Crippen molar-refractivity contribution in [3.05, 3.63) is 111 Å². The third kappa shape index (κ3) is 4.85. The molecular weight excluding hydrogens is 448 g/mol. The van der Waals surface area contributed by atoms with E-state index < -0.39 is 10.0 Å². The second-order valence-electron chi connectivity index (χ2n) is 8.51. The predicted molar refractivity (Wildman–Crippen MR) is 133 cm³/mol. The number of fused-ring (bicyclic) bond motifs is 1. The highest BCUT2D eigenvalue weighted by atomic mass is 32.2. The largest absolute Gasteiger partial charge is 0.322 e. The van der Waals surface area contributed by atoms with Crippen LogP contribution >= 0.6 is 0 Å². The first-order valence-corrected chi connectivity index (χ1v) is 12.4. The maximum absolute atomic E-state index is 13.7. The average molecular weight is 475 g/mol. The molecule has 0 aliphatic rings. The van der Waals surface area contributed by atoms with Crippen LogP contribution in [0.2, 0.25) is 0 Å². The number of H-pyrrole nitrogens is 1. The third-order valence-corrected chi connectivity index (χ3v) is 7.60. The van der Waals surface area contributed by atoms with Gasteiger partial charge >= 0.3 is 0 Å². The lowest BCUT2D eigenvalue weighted by Crippen LogP contribution is -2.32. The van der Waals surface area contributed by atoms with E-state index in [0.717, 1.165) is 27.6 Å². The van der Waals surface area contributed by atoms with Crippen molar-refractivity contribution in [2.75, 3.05) is 0 Å². The third-order valence-electron chi connectivity index (χ3n) is 5.82. The van der Waals surface area contributed by atoms with E-state index in [1.54, 1.807) is 18.2 Å². The Morgan fingerprint density at radius 2 is 1.65 bits per heavy atom. The molecule has 7 heteroatoms. The SMILES string of the molecule is CC(=O)c1cccc(S(=O)(=O)N(Cc2ccccc2)Cc2cc3c(C)cc(C)cc3[nH]c2=O)c1. The van der Waals surface area contributed by atoms with Crippen LogP contribution in [0, 0.1) is 13.8 Å². The van der Waals surface area contributed by atoms with Gasteiger partial charge in [0.05, 0.1) is 4.90 Å². The molecule has 0 bridgehead atoms. The molecule has 4 rings (SSSR count). The van der Waals surface area contributed by atoms with E-state index in [9.17, 15) is 18.0 Å². The Balaban J connectivity index is 1.81. The number of nitrogens with one attached hydrogen (secondary N) is 1. The lowest BCUT2D eigenvalue weighted by atomic mass is 10.0. The van der Waals surface area contributed by atoms with Gasteiger partial charge in [0, 0.05) is 35.1 Å². The van der Waals surface area contributed by atoms with E-state index in [4.69, 9.17) is 0 Å². The standard InChI is InChI=1S/C27H26N2O4S/c1-18-12-19(2)25-15-23(27(31)28-26(25)13-18)17-29(16-21-8-5-4-6-9-21)34(32,33)24-11-7-10-22(14-24)20(3)30/h4-15H,16-17H2,1-3H3,(H,28,31). The number of sulfonamides is 1. The number of aromatic amines is 1. The van der Waals surface area contributed by atoms with Crippen LogP contribution in [0.3, 0.4) is 0 Å². The zero-order valence-electron chi connectivity index (χ0n) is 19.3. The van der Waals surface area contributed by atoms with Crippen LogP contribution in [0.1, 0.15) is 39.5 Å². The number of hydrogen-bond acceptors (Lipinski definition) is 4. The first-order valence-electron chi connectivity index (χ1n) is 10.9. The fraction of sp³-hybridized carbons (Fsp3) is 0.185. The normalized spacial score (nSPS) is 11.8. The number of aromatic nitrogens is 1. The summed E-state index contributed by atoms with van der Waals surface area (Å²) in [5, 5.41) is 0.871. The van der Waals surface area contributed by atoms with Crippen molar-refractivity contribution < 1.29 is 13.2 Å². The average Bonchev–Trinajstić information content (AvgIpc) is 2.80. The Labute approximate surface area is 198 Å². The quantitative estimate of drug-likeness (QED) is 0.392. The van der Waals surface area contributed by atoms with Gasteiger partial charge in [-0.3, -0.25) is 9.59 Å². The minimum absolute atomic E-state index is 0.0140. The Bertz CT molecular complexity index is 1540. The van der Waals surface area contributed by atoms with Gasteiger partial charge in [0.1, 0.15) is 0 Å². The van der Waals surface area contributed by atoms with Gasteiger partial charge in [-0.15, -0.1) is 0 Å². The van der Waals surface area contributed by atoms with Gasteiger partial charge in [0.25, 0.3) is 5.56 Å². The van der Waals surface area contributed by atoms with E-state index in [-0.39, 0.29) is 29.3 Å². The number of nitrogens with zero attached hydrogens (tertiary/aromatic N) is 1. The van der Waals surface area contributed by atoms with E-state index >= 15 is 0 Å². The minimum atomic E-state index is -4.01. The van der Waals surface area contributed by atoms with Crippen LogP contribution in [0.25, 0.3) is 10.9 Å². The summed E-state index contributed by atoms with van der Waals surface area (Å²) in [6.45, 7) is 5.29. The number of rotatable bonds is 7. The zero-order chi connectivity index (χ0) is 24.5. The highest BCUT2D eigenvalue weighted by Crippen LogP contribution is 2.24. The molecule has 0 radical (unpaired) electrons. The van der Waals surface area contributed by atoms with Crippen molar-refractivity contribution in [1.82, 2.24) is 9.29 Å². The van der Waals surface area contributed by atoms with Crippen molar-refractivity contribution >= 4 is 26.7 Å². The molecule has 0 spiro atoms. The molecule has 34 heavy (non-hydrogen) atoms. The van der Waals surface area contributed by atoms with Crippen LogP contribution in [-0.4, -0.2) is 23.5 Å². The minimum Gasteiger partial charge on any atom is -0.322 e. The molecule has 0 atom stereocenters. The summed E-state index contributed by atoms with van der Waals surface area (Å²) in [6.07, 6.45) is 0. The summed E-state index contributed by atoms with van der Waals surface area (Å²) in [5.74, 6) is -0.219. The number of Topliss-reactive ketones (excluding diaryl/α,β-unsaturated/α-hetero) is 1. The van der Waals surface area contributed by atoms with E-state index in [2.05, 4.69) is 4.98 Å². The number of ketones is 1. The smallest absolute Gasteiger partial charge is 0.252 e. The monoisotopic (exact) mass is 474 g/mol. The van der Waals surface area contributed by atoms with Crippen molar-refractivity contribution in [1.29, 1.82) is 0 Å². The molecule has 1 heterocycles. The van der Waals surface area contributed by atoms with Gasteiger partial charge in [-0.2, -0.15) is 4.31 Å². The van der Waals surface area contributed by atoms with E-state index in [1.165, 1.54) is 23.4 Å². The number of pyridine rings is 1. The molecule has 0 saturated carbocycles. The lowest BCUT2D eigenvalue weighted by Gasteiger charge is -2.23. The highest BCUT2D eigenvalue weighted by molar-refractivity contribution is 7.89. The zero-order valence-corrected chi connectivity index (χ0v) is 20.1. The molecule has 6 nitrogen and oxygen atoms in total. The van der Waals surface area contributed by atoms with Gasteiger partial charge in [0.15, 0.2) is 5.78 Å². The number of carbonyl (C=O) groups excluding carboxylic acids is 1. The van der Waals surface area contributed by atoms with Crippen molar-refractivity contribution in [2.45, 2.75) is 38.8 Å². The van der Waals surface area contributed by atoms with E-state index in [0.29, 0.717) is 11.1 Å². The molecule has 0 aliphatic heterocycles. The molecular formula is C27H26N2O4S. The Morgan fingerprint density at radius 1 is 0.912 bits per heavy atom. The molecule has 0 saturated heterocycles. The fourth-order valence-corrected chi connectivity index (χ4v) is 5.51. The molecule has 174 valence electrons. The number of aryl methyl sites for hydroxylation is 2. The summed E-state index contributed by atoms with van der Waals surface area (Å²) in [7, 11) is -4.01. The summed E-state index contributed by atoms with van der Waals surface area (Å²) in [5.41, 5.74) is 3.88. The molecule has 0 amide bonds. The first kappa shape index (κ1) is 23.6. The highest BCUT2D eigenvalue weighted by Gasteiger charge is 2.26. The van der Waals surface area contributed by atoms with Crippen molar-refractivity contribution in [3.8, 4) is 0 Å². The predicted octanol–water partition coefficient (Wildman–Crippen LogP) is 4.74. The van der Waals surface area contributed by atoms with Gasteiger partial charge in [0.2, 0.25) is 10.0 Å². The Morgan fingerprint density at radius 3 is 2.35 bits per heavy atom. The fourth-order valence-electron chi connectivity index (χ4n) is 4.06. The van der Waals surface area contributed by atoms with Crippen LogP contribution in [0.4, 0.5) is 0 Å². The van der Waals surface area contributed by atoms with E-state index in [1.807, 2.05) is 56.3 Å². The van der Waals surface area contributed by atoms with Gasteiger partial charge in [-0.1, -0.05) is 48.5 Å². The van der Waals surface area contributed by atoms with Crippen molar-refractivity contribution in [2.24, 2.45) is 0 Å². The number of benzene rings is 3. The molecule has 0 aliphatic carbocycles. The summed E-state index contributed by atoms with van der Waals surface area (Å²) >= 11 is 0. The summed E-state index contributed by atoms with van der Waals surface area (Å²) < 4.78 is 28.7. The maximum atomic E-state index is 13.7. The number of carbonyl (C=O) groups is 1. The summed E-state index contributed by atoms with van der Waals surface area (Å²) in [6, 6.07) is 20.9. The van der Waals surface area contributed by atoms with Gasteiger partial charge in [-0.05, 0) is 61.7 Å². The Kier molecular flexibility index (Phi) is 6.50. The van der Waals surface area contributed by atoms with Crippen LogP contribution < -0.4 is 5.56 Å². The maximum Gasteiger partial charge on any atom is 0.252 e. The Hall–Kier alpha value is -3.55. The molecule has 4 aromatic rings. The molecule has 0 fully saturated rings. The van der Waals surface area contributed by atoms with Crippen LogP contribution in [0.15, 0.2) is 82.5 Å². The topological polar surface area (TPSA) is 87.3 Å². The van der Waals surface area contributed by atoms with Gasteiger partial charge in [-0.25, -0.2) is 8.42 Å².